The Labute approximate surface area is 562 Å². The van der Waals surface area contributed by atoms with Gasteiger partial charge < -0.3 is 33.8 Å². The number of aliphatic hydroxyl groups excluding tert-OH is 1. The normalized spacial score (nSPS) is 14.5. The Morgan fingerprint density at radius 2 is 0.522 bits per heavy atom. The zero-order valence-electron chi connectivity index (χ0n) is 60.2. The van der Waals surface area contributed by atoms with E-state index in [1.165, 1.54) is 161 Å². The number of unbranched alkanes of at least 4 members (excludes halogenated alkanes) is 35. The summed E-state index contributed by atoms with van der Waals surface area (Å²) in [7, 11) is -9.91. The van der Waals surface area contributed by atoms with Crippen molar-refractivity contribution in [2.24, 2.45) is 23.7 Å². The standard InChI is InChI=1S/C73H142O17P2/c1-9-66(8)52-44-36-31-32-38-46-54-71(76)84-60-69(90-73(78)56-48-40-30-24-18-21-27-35-43-51-65(6)7)62-88-92(81,82)86-58-67(74)57-85-91(79,80)87-61-68(59-83-70(75)53-45-37-28-22-17-13-15-20-26-34-42-50-64(4)5)89-72(77)55-47-39-29-23-16-12-10-11-14-19-25-33-41-49-63(2)3/h63-69,74H,9-62H2,1-8H3,(H,79,80)(H,81,82)/t66?,67-,68-,69-/m1/s1. The fourth-order valence-electron chi connectivity index (χ4n) is 11.0. The van der Waals surface area contributed by atoms with Crippen LogP contribution in [0.25, 0.3) is 0 Å². The maximum Gasteiger partial charge on any atom is 0.472 e. The summed E-state index contributed by atoms with van der Waals surface area (Å²) in [5.41, 5.74) is 0. The zero-order valence-corrected chi connectivity index (χ0v) is 62.0. The molecule has 546 valence electrons. The van der Waals surface area contributed by atoms with E-state index in [9.17, 15) is 43.2 Å². The van der Waals surface area contributed by atoms with Crippen LogP contribution in [0.15, 0.2) is 0 Å². The van der Waals surface area contributed by atoms with E-state index in [1.807, 2.05) is 0 Å². The number of aliphatic hydroxyl groups is 1. The molecule has 0 saturated carbocycles. The first-order chi connectivity index (χ1) is 44.1. The highest BCUT2D eigenvalue weighted by Gasteiger charge is 2.30. The van der Waals surface area contributed by atoms with Gasteiger partial charge in [-0.2, -0.15) is 0 Å². The Morgan fingerprint density at radius 1 is 0.304 bits per heavy atom. The van der Waals surface area contributed by atoms with Gasteiger partial charge in [-0.25, -0.2) is 9.13 Å². The Balaban J connectivity index is 5.26. The van der Waals surface area contributed by atoms with Crippen molar-refractivity contribution < 1.29 is 80.2 Å². The molecule has 0 spiro atoms. The van der Waals surface area contributed by atoms with E-state index in [0.29, 0.717) is 25.7 Å². The van der Waals surface area contributed by atoms with Crippen LogP contribution in [0.1, 0.15) is 364 Å². The molecule has 6 atom stereocenters. The number of carbonyl (C=O) groups excluding carboxylic acids is 4. The van der Waals surface area contributed by atoms with Crippen LogP contribution in [0.3, 0.4) is 0 Å². The first kappa shape index (κ1) is 90.1. The molecular weight excluding hydrogens is 1210 g/mol. The molecule has 0 heterocycles. The van der Waals surface area contributed by atoms with Gasteiger partial charge in [0.25, 0.3) is 0 Å². The highest BCUT2D eigenvalue weighted by Crippen LogP contribution is 2.45. The van der Waals surface area contributed by atoms with Crippen LogP contribution >= 0.6 is 15.6 Å². The second kappa shape index (κ2) is 62.6. The van der Waals surface area contributed by atoms with Gasteiger partial charge >= 0.3 is 39.5 Å². The molecule has 0 radical (unpaired) electrons. The van der Waals surface area contributed by atoms with Crippen molar-refractivity contribution in [2.75, 3.05) is 39.6 Å². The Hall–Kier alpha value is -1.94. The smallest absolute Gasteiger partial charge is 0.462 e. The predicted molar refractivity (Wildman–Crippen MR) is 372 cm³/mol. The first-order valence-electron chi connectivity index (χ1n) is 37.7. The van der Waals surface area contributed by atoms with E-state index >= 15 is 0 Å². The number of esters is 4. The van der Waals surface area contributed by atoms with Crippen LogP contribution in [-0.4, -0.2) is 96.7 Å². The lowest BCUT2D eigenvalue weighted by atomic mass is 10.00. The fourth-order valence-corrected chi connectivity index (χ4v) is 12.6. The van der Waals surface area contributed by atoms with Crippen molar-refractivity contribution in [1.82, 2.24) is 0 Å². The van der Waals surface area contributed by atoms with Crippen molar-refractivity contribution in [2.45, 2.75) is 382 Å². The number of rotatable bonds is 70. The number of carbonyl (C=O) groups is 4. The quantitative estimate of drug-likeness (QED) is 0.0222. The first-order valence-corrected chi connectivity index (χ1v) is 40.7. The summed E-state index contributed by atoms with van der Waals surface area (Å²) in [5.74, 6) is 0.899. The summed E-state index contributed by atoms with van der Waals surface area (Å²) in [6.07, 6.45) is 45.8. The van der Waals surface area contributed by atoms with Crippen molar-refractivity contribution >= 4 is 39.5 Å². The van der Waals surface area contributed by atoms with Gasteiger partial charge in [0.15, 0.2) is 12.2 Å². The molecule has 0 aliphatic rings. The van der Waals surface area contributed by atoms with Crippen LogP contribution < -0.4 is 0 Å². The van der Waals surface area contributed by atoms with E-state index in [2.05, 4.69) is 55.4 Å². The molecule has 0 aromatic rings. The summed E-state index contributed by atoms with van der Waals surface area (Å²) in [4.78, 5) is 72.7. The Kier molecular flexibility index (Phi) is 61.3. The third-order valence-corrected chi connectivity index (χ3v) is 19.1. The van der Waals surface area contributed by atoms with Crippen molar-refractivity contribution in [3.63, 3.8) is 0 Å². The second-order valence-corrected chi connectivity index (χ2v) is 30.9. The minimum atomic E-state index is -4.96. The van der Waals surface area contributed by atoms with Crippen LogP contribution in [-0.2, 0) is 65.4 Å². The molecule has 0 amide bonds. The molecule has 0 bridgehead atoms. The van der Waals surface area contributed by atoms with E-state index in [4.69, 9.17) is 37.0 Å². The zero-order chi connectivity index (χ0) is 68.2. The SMILES string of the molecule is CCC(C)CCCCCCCCC(=O)OC[C@H](COP(=O)(O)OC[C@H](O)COP(=O)(O)OC[C@@H](COC(=O)CCCCCCCCCCCCCC(C)C)OC(=O)CCCCCCCCCCCCCCCC(C)C)OC(=O)CCCCCCCCCCCC(C)C. The molecule has 0 aromatic carbocycles. The molecule has 0 saturated heterocycles. The van der Waals surface area contributed by atoms with Gasteiger partial charge in [-0.3, -0.25) is 37.3 Å². The summed E-state index contributed by atoms with van der Waals surface area (Å²) < 4.78 is 68.4. The molecule has 19 heteroatoms. The van der Waals surface area contributed by atoms with E-state index in [0.717, 1.165) is 120 Å². The van der Waals surface area contributed by atoms with Gasteiger partial charge in [-0.05, 0) is 49.4 Å². The lowest BCUT2D eigenvalue weighted by molar-refractivity contribution is -0.161. The monoisotopic (exact) mass is 1350 g/mol. The molecule has 3 N–H and O–H groups in total. The lowest BCUT2D eigenvalue weighted by Crippen LogP contribution is -2.30. The Bertz CT molecular complexity index is 1820. The molecular formula is C73H142O17P2. The van der Waals surface area contributed by atoms with Gasteiger partial charge in [-0.15, -0.1) is 0 Å². The van der Waals surface area contributed by atoms with Crippen molar-refractivity contribution in [3.8, 4) is 0 Å². The van der Waals surface area contributed by atoms with Gasteiger partial charge in [0, 0.05) is 25.7 Å². The van der Waals surface area contributed by atoms with Crippen molar-refractivity contribution in [3.05, 3.63) is 0 Å². The number of phosphoric acid groups is 2. The van der Waals surface area contributed by atoms with Gasteiger partial charge in [0.05, 0.1) is 26.4 Å². The van der Waals surface area contributed by atoms with Gasteiger partial charge in [0.2, 0.25) is 0 Å². The highest BCUT2D eigenvalue weighted by atomic mass is 31.2. The third kappa shape index (κ3) is 65.4. The lowest BCUT2D eigenvalue weighted by Gasteiger charge is -2.21. The average Bonchev–Trinajstić information content (AvgIpc) is 1.77. The molecule has 0 rings (SSSR count). The van der Waals surface area contributed by atoms with Gasteiger partial charge in [0.1, 0.15) is 19.3 Å². The molecule has 0 fully saturated rings. The maximum atomic E-state index is 13.1. The molecule has 17 nitrogen and oxygen atoms in total. The van der Waals surface area contributed by atoms with E-state index in [-0.39, 0.29) is 25.7 Å². The van der Waals surface area contributed by atoms with Crippen LogP contribution in [0.2, 0.25) is 0 Å². The minimum absolute atomic E-state index is 0.104. The topological polar surface area (TPSA) is 237 Å². The second-order valence-electron chi connectivity index (χ2n) is 28.0. The molecule has 92 heavy (non-hydrogen) atoms. The average molecular weight is 1350 g/mol. The maximum absolute atomic E-state index is 13.1. The molecule has 3 unspecified atom stereocenters. The van der Waals surface area contributed by atoms with Crippen LogP contribution in [0.4, 0.5) is 0 Å². The number of phosphoric ester groups is 2. The summed E-state index contributed by atoms with van der Waals surface area (Å²) in [5, 5.41) is 10.6. The number of ether oxygens (including phenoxy) is 4. The summed E-state index contributed by atoms with van der Waals surface area (Å²) in [6, 6.07) is 0. The predicted octanol–water partition coefficient (Wildman–Crippen LogP) is 20.9. The molecule has 0 aromatic heterocycles. The van der Waals surface area contributed by atoms with Crippen molar-refractivity contribution in [1.29, 1.82) is 0 Å². The molecule has 0 aliphatic heterocycles. The highest BCUT2D eigenvalue weighted by molar-refractivity contribution is 7.47. The van der Waals surface area contributed by atoms with Crippen LogP contribution in [0, 0.1) is 23.7 Å². The minimum Gasteiger partial charge on any atom is -0.462 e. The third-order valence-electron chi connectivity index (χ3n) is 17.2. The number of hydrogen-bond acceptors (Lipinski definition) is 15. The van der Waals surface area contributed by atoms with E-state index < -0.39 is 97.5 Å². The fraction of sp³-hybridized carbons (Fsp3) is 0.945. The summed E-state index contributed by atoms with van der Waals surface area (Å²) in [6.45, 7) is 14.1. The molecule has 0 aliphatic carbocycles. The largest absolute Gasteiger partial charge is 0.472 e. The Morgan fingerprint density at radius 3 is 0.772 bits per heavy atom. The van der Waals surface area contributed by atoms with Gasteiger partial charge in [-0.1, -0.05) is 312 Å². The number of hydrogen-bond donors (Lipinski definition) is 3. The summed E-state index contributed by atoms with van der Waals surface area (Å²) >= 11 is 0. The van der Waals surface area contributed by atoms with Crippen LogP contribution in [0.5, 0.6) is 0 Å². The van der Waals surface area contributed by atoms with E-state index in [1.54, 1.807) is 0 Å².